The average molecular weight is 317 g/mol. The van der Waals surface area contributed by atoms with Gasteiger partial charge in [-0.1, -0.05) is 12.2 Å². The van der Waals surface area contributed by atoms with Crippen LogP contribution in [0.15, 0.2) is 29.1 Å². The van der Waals surface area contributed by atoms with Crippen LogP contribution in [0.1, 0.15) is 16.8 Å². The van der Waals surface area contributed by atoms with E-state index in [1.54, 1.807) is 5.51 Å². The Hall–Kier alpha value is -1.67. The van der Waals surface area contributed by atoms with Crippen molar-refractivity contribution in [3.8, 4) is 0 Å². The van der Waals surface area contributed by atoms with Crippen molar-refractivity contribution in [3.63, 3.8) is 0 Å². The Balaban J connectivity index is 2.24. The van der Waals surface area contributed by atoms with Gasteiger partial charge in [-0.05, 0) is 18.2 Å². The Bertz CT molecular complexity index is 609. The second-order valence-corrected chi connectivity index (χ2v) is 5.11. The van der Waals surface area contributed by atoms with Gasteiger partial charge in [0, 0.05) is 16.6 Å². The first kappa shape index (κ1) is 14.7. The third-order valence-electron chi connectivity index (χ3n) is 2.55. The number of aromatic nitrogens is 1. The van der Waals surface area contributed by atoms with Gasteiger partial charge in [-0.25, -0.2) is 4.98 Å². The van der Waals surface area contributed by atoms with Crippen molar-refractivity contribution in [1.82, 2.24) is 4.98 Å². The molecule has 0 aliphatic carbocycles. The van der Waals surface area contributed by atoms with Crippen LogP contribution >= 0.6 is 23.6 Å². The maximum Gasteiger partial charge on any atom is 0.417 e. The number of thiocarbonyl (C=S) groups is 1. The van der Waals surface area contributed by atoms with Crippen molar-refractivity contribution in [2.24, 2.45) is 5.73 Å². The molecular weight excluding hydrogens is 307 g/mol. The van der Waals surface area contributed by atoms with E-state index in [0.717, 1.165) is 11.8 Å². The molecule has 1 aromatic carbocycles. The van der Waals surface area contributed by atoms with Gasteiger partial charge < -0.3 is 11.1 Å². The molecule has 2 rings (SSSR count). The van der Waals surface area contributed by atoms with Gasteiger partial charge in [0.15, 0.2) is 0 Å². The lowest BCUT2D eigenvalue weighted by molar-refractivity contribution is -0.137. The van der Waals surface area contributed by atoms with Crippen LogP contribution in [0.2, 0.25) is 0 Å². The Morgan fingerprint density at radius 3 is 2.70 bits per heavy atom. The number of halogens is 3. The highest BCUT2D eigenvalue weighted by atomic mass is 32.1. The number of hydrogen-bond donors (Lipinski definition) is 2. The minimum absolute atomic E-state index is 0.184. The fraction of sp³-hybridized carbons (Fsp3) is 0.167. The van der Waals surface area contributed by atoms with Crippen molar-refractivity contribution in [1.29, 1.82) is 0 Å². The van der Waals surface area contributed by atoms with Crippen molar-refractivity contribution in [2.45, 2.75) is 12.7 Å². The zero-order valence-electron chi connectivity index (χ0n) is 10.1. The summed E-state index contributed by atoms with van der Waals surface area (Å²) in [5, 5.41) is 4.84. The van der Waals surface area contributed by atoms with Gasteiger partial charge in [-0.15, -0.1) is 11.3 Å². The number of benzene rings is 1. The van der Waals surface area contributed by atoms with Crippen LogP contribution in [0.3, 0.4) is 0 Å². The molecule has 0 aliphatic rings. The van der Waals surface area contributed by atoms with Gasteiger partial charge in [0.2, 0.25) is 0 Å². The second-order valence-electron chi connectivity index (χ2n) is 3.96. The van der Waals surface area contributed by atoms with Crippen LogP contribution in [0.5, 0.6) is 0 Å². The molecule has 106 valence electrons. The highest BCUT2D eigenvalue weighted by Crippen LogP contribution is 2.33. The molecule has 8 heteroatoms. The Morgan fingerprint density at radius 1 is 1.40 bits per heavy atom. The number of alkyl halides is 3. The van der Waals surface area contributed by atoms with Gasteiger partial charge in [0.05, 0.1) is 23.3 Å². The van der Waals surface area contributed by atoms with Crippen LogP contribution in [0.4, 0.5) is 18.9 Å². The number of nitrogens with one attached hydrogen (secondary N) is 1. The van der Waals surface area contributed by atoms with E-state index in [-0.39, 0.29) is 10.6 Å². The molecule has 0 amide bonds. The minimum atomic E-state index is -4.48. The molecule has 0 unspecified atom stereocenters. The molecule has 0 atom stereocenters. The topological polar surface area (TPSA) is 50.9 Å². The lowest BCUT2D eigenvalue weighted by Crippen LogP contribution is -2.18. The van der Waals surface area contributed by atoms with E-state index in [4.69, 9.17) is 5.73 Å². The molecule has 0 spiro atoms. The van der Waals surface area contributed by atoms with Gasteiger partial charge in [-0.2, -0.15) is 13.2 Å². The molecular formula is C12H10F3N3S2. The quantitative estimate of drug-likeness (QED) is 0.849. The summed E-state index contributed by atoms with van der Waals surface area (Å²) in [7, 11) is 0. The molecule has 3 N–H and O–H groups in total. The first-order chi connectivity index (χ1) is 9.38. The Morgan fingerprint density at radius 2 is 2.15 bits per heavy atom. The van der Waals surface area contributed by atoms with E-state index in [1.165, 1.54) is 23.5 Å². The molecule has 20 heavy (non-hydrogen) atoms. The fourth-order valence-corrected chi connectivity index (χ4v) is 2.35. The van der Waals surface area contributed by atoms with Crippen LogP contribution in [0, 0.1) is 0 Å². The number of anilines is 1. The SMILES string of the molecule is NC(=S)c1cc(NCc2cscn2)ccc1C(F)(F)F. The molecule has 0 aliphatic heterocycles. The molecule has 2 aromatic rings. The third-order valence-corrected chi connectivity index (χ3v) is 3.40. The third kappa shape index (κ3) is 3.45. The largest absolute Gasteiger partial charge is 0.417 e. The zero-order chi connectivity index (χ0) is 14.8. The summed E-state index contributed by atoms with van der Waals surface area (Å²) in [5.74, 6) is 0. The van der Waals surface area contributed by atoms with E-state index >= 15 is 0 Å². The van der Waals surface area contributed by atoms with Gasteiger partial charge >= 0.3 is 6.18 Å². The summed E-state index contributed by atoms with van der Waals surface area (Å²) in [4.78, 5) is 3.79. The maximum absolute atomic E-state index is 12.8. The molecule has 0 fully saturated rings. The molecule has 3 nitrogen and oxygen atoms in total. The first-order valence-electron chi connectivity index (χ1n) is 5.50. The van der Waals surface area contributed by atoms with Crippen LogP contribution in [-0.2, 0) is 12.7 Å². The first-order valence-corrected chi connectivity index (χ1v) is 6.85. The van der Waals surface area contributed by atoms with Crippen LogP contribution in [0.25, 0.3) is 0 Å². The second kappa shape index (κ2) is 5.76. The summed E-state index contributed by atoms with van der Waals surface area (Å²) in [6, 6.07) is 3.62. The Labute approximate surface area is 122 Å². The van der Waals surface area contributed by atoms with Crippen molar-refractivity contribution < 1.29 is 13.2 Å². The van der Waals surface area contributed by atoms with E-state index in [1.807, 2.05) is 5.38 Å². The molecule has 0 radical (unpaired) electrons. The average Bonchev–Trinajstić information content (AvgIpc) is 2.88. The number of nitrogens with zero attached hydrogens (tertiary/aromatic N) is 1. The molecule has 0 saturated carbocycles. The van der Waals surface area contributed by atoms with E-state index in [0.29, 0.717) is 12.2 Å². The van der Waals surface area contributed by atoms with E-state index in [2.05, 4.69) is 22.5 Å². The standard InChI is InChI=1S/C12H10F3N3S2/c13-12(14,15)10-2-1-7(3-9(10)11(16)19)17-4-8-5-20-6-18-8/h1-3,5-6,17H,4H2,(H2,16,19). The number of nitrogens with two attached hydrogens (primary N) is 1. The summed E-state index contributed by atoms with van der Waals surface area (Å²) in [6.07, 6.45) is -4.48. The smallest absolute Gasteiger partial charge is 0.389 e. The Kier molecular flexibility index (Phi) is 4.24. The minimum Gasteiger partial charge on any atom is -0.389 e. The molecule has 0 bridgehead atoms. The lowest BCUT2D eigenvalue weighted by atomic mass is 10.1. The number of hydrogen-bond acceptors (Lipinski definition) is 4. The summed E-state index contributed by atoms with van der Waals surface area (Å²) in [6.45, 7) is 0.422. The number of thiazole rings is 1. The van der Waals surface area contributed by atoms with E-state index < -0.39 is 11.7 Å². The van der Waals surface area contributed by atoms with Gasteiger partial charge in [0.1, 0.15) is 4.99 Å². The van der Waals surface area contributed by atoms with Crippen LogP contribution in [-0.4, -0.2) is 9.97 Å². The van der Waals surface area contributed by atoms with Gasteiger partial charge in [-0.3, -0.25) is 0 Å². The summed E-state index contributed by atoms with van der Waals surface area (Å²) < 4.78 is 38.4. The van der Waals surface area contributed by atoms with Gasteiger partial charge in [0.25, 0.3) is 0 Å². The van der Waals surface area contributed by atoms with E-state index in [9.17, 15) is 13.2 Å². The lowest BCUT2D eigenvalue weighted by Gasteiger charge is -2.14. The summed E-state index contributed by atoms with van der Waals surface area (Å²) >= 11 is 6.13. The monoisotopic (exact) mass is 317 g/mol. The molecule has 0 saturated heterocycles. The zero-order valence-corrected chi connectivity index (χ0v) is 11.7. The highest BCUT2D eigenvalue weighted by Gasteiger charge is 2.34. The molecule has 1 heterocycles. The molecule has 1 aromatic heterocycles. The van der Waals surface area contributed by atoms with Crippen molar-refractivity contribution in [2.75, 3.05) is 5.32 Å². The van der Waals surface area contributed by atoms with Crippen molar-refractivity contribution >= 4 is 34.2 Å². The highest BCUT2D eigenvalue weighted by molar-refractivity contribution is 7.80. The van der Waals surface area contributed by atoms with Crippen LogP contribution < -0.4 is 11.1 Å². The van der Waals surface area contributed by atoms with Crippen molar-refractivity contribution in [3.05, 3.63) is 45.9 Å². The summed E-state index contributed by atoms with van der Waals surface area (Å²) in [5.41, 5.74) is 7.35. The fourth-order valence-electron chi connectivity index (χ4n) is 1.62. The maximum atomic E-state index is 12.8. The predicted molar refractivity (Wildman–Crippen MR) is 76.8 cm³/mol. The normalized spacial score (nSPS) is 11.3. The predicted octanol–water partition coefficient (Wildman–Crippen LogP) is 3.41. The number of rotatable bonds is 4.